The molecule has 23 heavy (non-hydrogen) atoms. The van der Waals surface area contributed by atoms with E-state index >= 15 is 0 Å². The van der Waals surface area contributed by atoms with Crippen LogP contribution in [0.4, 0.5) is 0 Å². The van der Waals surface area contributed by atoms with Crippen molar-refractivity contribution in [2.45, 2.75) is 45.1 Å². The summed E-state index contributed by atoms with van der Waals surface area (Å²) < 4.78 is 0. The van der Waals surface area contributed by atoms with E-state index in [1.807, 2.05) is 11.0 Å². The smallest absolute Gasteiger partial charge is 0.226 e. The molecule has 1 aromatic rings. The van der Waals surface area contributed by atoms with Crippen molar-refractivity contribution in [3.05, 3.63) is 35.9 Å². The summed E-state index contributed by atoms with van der Waals surface area (Å²) in [5.41, 5.74) is 1.31. The minimum atomic E-state index is 0.0990. The summed E-state index contributed by atoms with van der Waals surface area (Å²) in [4.78, 5) is 28.3. The third kappa shape index (κ3) is 3.74. The summed E-state index contributed by atoms with van der Waals surface area (Å²) in [5.74, 6) is 0.535. The van der Waals surface area contributed by atoms with Crippen molar-refractivity contribution >= 4 is 11.8 Å². The van der Waals surface area contributed by atoms with Gasteiger partial charge in [-0.05, 0) is 37.7 Å². The number of amides is 2. The topological polar surface area (TPSA) is 40.6 Å². The molecular weight excluding hydrogens is 288 g/mol. The number of benzene rings is 1. The SMILES string of the molecule is CC(=O)N1CCC(C(=O)N2CCCC2Cc2ccccc2)CC1. The van der Waals surface area contributed by atoms with E-state index in [4.69, 9.17) is 0 Å². The van der Waals surface area contributed by atoms with Gasteiger partial charge in [0.1, 0.15) is 0 Å². The zero-order valence-electron chi connectivity index (χ0n) is 13.9. The van der Waals surface area contributed by atoms with E-state index < -0.39 is 0 Å². The van der Waals surface area contributed by atoms with E-state index in [2.05, 4.69) is 29.2 Å². The monoisotopic (exact) mass is 314 g/mol. The molecule has 1 unspecified atom stereocenters. The maximum atomic E-state index is 12.9. The van der Waals surface area contributed by atoms with E-state index in [1.54, 1.807) is 6.92 Å². The van der Waals surface area contributed by atoms with Gasteiger partial charge in [0, 0.05) is 38.5 Å². The van der Waals surface area contributed by atoms with Crippen LogP contribution in [0.5, 0.6) is 0 Å². The van der Waals surface area contributed by atoms with Crippen molar-refractivity contribution in [3.8, 4) is 0 Å². The van der Waals surface area contributed by atoms with E-state index in [9.17, 15) is 9.59 Å². The highest BCUT2D eigenvalue weighted by Gasteiger charge is 2.34. The van der Waals surface area contributed by atoms with Gasteiger partial charge >= 0.3 is 0 Å². The predicted octanol–water partition coefficient (Wildman–Crippen LogP) is 2.48. The number of carbonyl (C=O) groups excluding carboxylic acids is 2. The number of nitrogens with zero attached hydrogens (tertiary/aromatic N) is 2. The van der Waals surface area contributed by atoms with Gasteiger partial charge in [0.25, 0.3) is 0 Å². The number of hydrogen-bond acceptors (Lipinski definition) is 2. The Kier molecular flexibility index (Phi) is 4.99. The Morgan fingerprint density at radius 3 is 2.39 bits per heavy atom. The number of likely N-dealkylation sites (tertiary alicyclic amines) is 2. The first-order valence-corrected chi connectivity index (χ1v) is 8.75. The fourth-order valence-corrected chi connectivity index (χ4v) is 3.90. The zero-order valence-corrected chi connectivity index (χ0v) is 13.9. The highest BCUT2D eigenvalue weighted by atomic mass is 16.2. The normalized spacial score (nSPS) is 22.4. The summed E-state index contributed by atoms with van der Waals surface area (Å²) in [6.07, 6.45) is 4.79. The van der Waals surface area contributed by atoms with Gasteiger partial charge in [0.15, 0.2) is 0 Å². The summed E-state index contributed by atoms with van der Waals surface area (Å²) in [6, 6.07) is 10.8. The largest absolute Gasteiger partial charge is 0.343 e. The van der Waals surface area contributed by atoms with Gasteiger partial charge in [-0.1, -0.05) is 30.3 Å². The Morgan fingerprint density at radius 1 is 1.04 bits per heavy atom. The molecule has 2 aliphatic heterocycles. The molecular formula is C19H26N2O2. The second kappa shape index (κ2) is 7.16. The van der Waals surface area contributed by atoms with Gasteiger partial charge in [-0.3, -0.25) is 9.59 Å². The molecule has 0 aromatic heterocycles. The first-order chi connectivity index (χ1) is 11.1. The van der Waals surface area contributed by atoms with Crippen molar-refractivity contribution < 1.29 is 9.59 Å². The minimum Gasteiger partial charge on any atom is -0.343 e. The Bertz CT molecular complexity index is 550. The standard InChI is InChI=1S/C19H26N2O2/c1-15(22)20-12-9-17(10-13-20)19(23)21-11-5-8-18(21)14-16-6-3-2-4-7-16/h2-4,6-7,17-18H,5,8-14H2,1H3. The van der Waals surface area contributed by atoms with Gasteiger partial charge in [-0.2, -0.15) is 0 Å². The van der Waals surface area contributed by atoms with E-state index in [1.165, 1.54) is 5.56 Å². The van der Waals surface area contributed by atoms with E-state index in [-0.39, 0.29) is 11.8 Å². The maximum absolute atomic E-state index is 12.9. The molecule has 1 atom stereocenters. The fourth-order valence-electron chi connectivity index (χ4n) is 3.90. The molecule has 2 amide bonds. The predicted molar refractivity (Wildman–Crippen MR) is 89.9 cm³/mol. The molecule has 124 valence electrons. The molecule has 0 radical (unpaired) electrons. The zero-order chi connectivity index (χ0) is 16.2. The number of rotatable bonds is 3. The average molecular weight is 314 g/mol. The molecule has 0 N–H and O–H groups in total. The fraction of sp³-hybridized carbons (Fsp3) is 0.579. The Labute approximate surface area is 138 Å². The van der Waals surface area contributed by atoms with Crippen LogP contribution in [0, 0.1) is 5.92 Å². The highest BCUT2D eigenvalue weighted by molar-refractivity contribution is 5.80. The van der Waals surface area contributed by atoms with Crippen LogP contribution in [-0.2, 0) is 16.0 Å². The van der Waals surface area contributed by atoms with Crippen molar-refractivity contribution in [1.82, 2.24) is 9.80 Å². The maximum Gasteiger partial charge on any atom is 0.226 e. The van der Waals surface area contributed by atoms with Crippen LogP contribution in [0.15, 0.2) is 30.3 Å². The van der Waals surface area contributed by atoms with Gasteiger partial charge in [-0.25, -0.2) is 0 Å². The van der Waals surface area contributed by atoms with Crippen molar-refractivity contribution in [2.24, 2.45) is 5.92 Å². The van der Waals surface area contributed by atoms with Crippen LogP contribution >= 0.6 is 0 Å². The van der Waals surface area contributed by atoms with Crippen LogP contribution in [0.25, 0.3) is 0 Å². The Morgan fingerprint density at radius 2 is 1.74 bits per heavy atom. The van der Waals surface area contributed by atoms with Crippen LogP contribution in [0.2, 0.25) is 0 Å². The first-order valence-electron chi connectivity index (χ1n) is 8.75. The molecule has 4 nitrogen and oxygen atoms in total. The van der Waals surface area contributed by atoms with Crippen LogP contribution in [-0.4, -0.2) is 47.3 Å². The van der Waals surface area contributed by atoms with Gasteiger partial charge < -0.3 is 9.80 Å². The first kappa shape index (κ1) is 16.0. The lowest BCUT2D eigenvalue weighted by Gasteiger charge is -2.34. The number of hydrogen-bond donors (Lipinski definition) is 0. The molecule has 0 bridgehead atoms. The summed E-state index contributed by atoms with van der Waals surface area (Å²) in [6.45, 7) is 3.95. The lowest BCUT2D eigenvalue weighted by atomic mass is 9.94. The molecule has 2 saturated heterocycles. The molecule has 0 saturated carbocycles. The average Bonchev–Trinajstić information content (AvgIpc) is 3.03. The van der Waals surface area contributed by atoms with Gasteiger partial charge in [-0.15, -0.1) is 0 Å². The lowest BCUT2D eigenvalue weighted by Crippen LogP contribution is -2.45. The molecule has 3 rings (SSSR count). The molecule has 4 heteroatoms. The second-order valence-electron chi connectivity index (χ2n) is 6.80. The molecule has 2 heterocycles. The minimum absolute atomic E-state index is 0.0990. The summed E-state index contributed by atoms with van der Waals surface area (Å²) >= 11 is 0. The molecule has 1 aromatic carbocycles. The van der Waals surface area contributed by atoms with E-state index in [0.717, 1.165) is 51.7 Å². The van der Waals surface area contributed by atoms with Crippen molar-refractivity contribution in [3.63, 3.8) is 0 Å². The number of piperidine rings is 1. The van der Waals surface area contributed by atoms with Crippen LogP contribution in [0.3, 0.4) is 0 Å². The second-order valence-corrected chi connectivity index (χ2v) is 6.80. The summed E-state index contributed by atoms with van der Waals surface area (Å²) in [5, 5.41) is 0. The third-order valence-corrected chi connectivity index (χ3v) is 5.26. The van der Waals surface area contributed by atoms with Crippen molar-refractivity contribution in [1.29, 1.82) is 0 Å². The van der Waals surface area contributed by atoms with Gasteiger partial charge in [0.2, 0.25) is 11.8 Å². The third-order valence-electron chi connectivity index (χ3n) is 5.26. The molecule has 2 aliphatic rings. The Balaban J connectivity index is 1.59. The molecule has 2 fully saturated rings. The van der Waals surface area contributed by atoms with Crippen LogP contribution in [0.1, 0.15) is 38.2 Å². The highest BCUT2D eigenvalue weighted by Crippen LogP contribution is 2.27. The van der Waals surface area contributed by atoms with Crippen molar-refractivity contribution in [2.75, 3.05) is 19.6 Å². The summed E-state index contributed by atoms with van der Waals surface area (Å²) in [7, 11) is 0. The number of carbonyl (C=O) groups is 2. The van der Waals surface area contributed by atoms with E-state index in [0.29, 0.717) is 11.9 Å². The Hall–Kier alpha value is -1.84. The molecule has 0 spiro atoms. The van der Waals surface area contributed by atoms with Crippen LogP contribution < -0.4 is 0 Å². The lowest BCUT2D eigenvalue weighted by molar-refractivity contribution is -0.140. The van der Waals surface area contributed by atoms with Gasteiger partial charge in [0.05, 0.1) is 0 Å². The molecule has 0 aliphatic carbocycles. The quantitative estimate of drug-likeness (QED) is 0.860.